The van der Waals surface area contributed by atoms with Crippen molar-refractivity contribution in [3.8, 4) is 0 Å². The van der Waals surface area contributed by atoms with Crippen LogP contribution in [-0.4, -0.2) is 29.3 Å². The zero-order chi connectivity index (χ0) is 20.9. The van der Waals surface area contributed by atoms with Gasteiger partial charge in [0.15, 0.2) is 0 Å². The third-order valence-electron chi connectivity index (χ3n) is 3.79. The number of nitrogens with one attached hydrogen (secondary N) is 2. The lowest BCUT2D eigenvalue weighted by Crippen LogP contribution is -2.25. The molecule has 0 fully saturated rings. The highest BCUT2D eigenvalue weighted by molar-refractivity contribution is 7.89. The van der Waals surface area contributed by atoms with Gasteiger partial charge in [0.1, 0.15) is 17.8 Å². The summed E-state index contributed by atoms with van der Waals surface area (Å²) in [7, 11) is -3.88. The van der Waals surface area contributed by atoms with Crippen molar-refractivity contribution in [2.45, 2.75) is 18.0 Å². The van der Waals surface area contributed by atoms with Crippen LogP contribution in [0.4, 0.5) is 4.39 Å². The molecule has 29 heavy (non-hydrogen) atoms. The standard InChI is InChI=1S/C18H15ClFN5O3S/c19-15-5-14(2-3-16(15)20)29(27,28)25-10-12-1-4-17(23-8-12)18(26)24-9-13-6-21-11-22-7-13/h1-8,11,25H,9-10H2,(H,24,26). The van der Waals surface area contributed by atoms with Crippen LogP contribution < -0.4 is 10.0 Å². The Balaban J connectivity index is 1.58. The lowest BCUT2D eigenvalue weighted by Gasteiger charge is -2.08. The van der Waals surface area contributed by atoms with Crippen LogP contribution in [0.5, 0.6) is 0 Å². The zero-order valence-electron chi connectivity index (χ0n) is 14.8. The molecule has 0 aliphatic carbocycles. The Morgan fingerprint density at radius 3 is 2.45 bits per heavy atom. The van der Waals surface area contributed by atoms with E-state index in [9.17, 15) is 17.6 Å². The van der Waals surface area contributed by atoms with Gasteiger partial charge in [0.2, 0.25) is 10.0 Å². The molecule has 1 aromatic carbocycles. The van der Waals surface area contributed by atoms with Gasteiger partial charge in [0.25, 0.3) is 5.91 Å². The van der Waals surface area contributed by atoms with Crippen LogP contribution in [0.2, 0.25) is 5.02 Å². The van der Waals surface area contributed by atoms with E-state index in [2.05, 4.69) is 25.0 Å². The molecule has 0 unspecified atom stereocenters. The molecule has 11 heteroatoms. The summed E-state index contributed by atoms with van der Waals surface area (Å²) < 4.78 is 40.1. The Morgan fingerprint density at radius 1 is 1.03 bits per heavy atom. The smallest absolute Gasteiger partial charge is 0.270 e. The molecule has 8 nitrogen and oxygen atoms in total. The highest BCUT2D eigenvalue weighted by Gasteiger charge is 2.16. The van der Waals surface area contributed by atoms with Crippen molar-refractivity contribution in [3.05, 3.63) is 82.9 Å². The lowest BCUT2D eigenvalue weighted by molar-refractivity contribution is 0.0946. The summed E-state index contributed by atoms with van der Waals surface area (Å²) in [6.07, 6.45) is 5.96. The number of hydrogen-bond donors (Lipinski definition) is 2. The van der Waals surface area contributed by atoms with E-state index in [1.54, 1.807) is 18.5 Å². The summed E-state index contributed by atoms with van der Waals surface area (Å²) in [5, 5.41) is 2.40. The summed E-state index contributed by atoms with van der Waals surface area (Å²) in [6, 6.07) is 6.19. The highest BCUT2D eigenvalue weighted by Crippen LogP contribution is 2.19. The van der Waals surface area contributed by atoms with Gasteiger partial charge in [0, 0.05) is 37.2 Å². The first-order valence-electron chi connectivity index (χ1n) is 8.27. The van der Waals surface area contributed by atoms with Crippen LogP contribution in [0, 0.1) is 5.82 Å². The molecule has 3 rings (SSSR count). The molecule has 0 bridgehead atoms. The van der Waals surface area contributed by atoms with Gasteiger partial charge >= 0.3 is 0 Å². The summed E-state index contributed by atoms with van der Waals surface area (Å²) >= 11 is 5.63. The number of halogens is 2. The summed E-state index contributed by atoms with van der Waals surface area (Å²) in [5.41, 5.74) is 1.46. The van der Waals surface area contributed by atoms with Crippen LogP contribution in [-0.2, 0) is 23.1 Å². The van der Waals surface area contributed by atoms with Gasteiger partial charge in [0.05, 0.1) is 9.92 Å². The van der Waals surface area contributed by atoms with E-state index in [0.29, 0.717) is 5.56 Å². The molecule has 150 valence electrons. The molecule has 0 aliphatic heterocycles. The van der Waals surface area contributed by atoms with Gasteiger partial charge in [-0.05, 0) is 29.8 Å². The normalized spacial score (nSPS) is 11.2. The zero-order valence-corrected chi connectivity index (χ0v) is 16.4. The fourth-order valence-electron chi connectivity index (χ4n) is 2.26. The monoisotopic (exact) mass is 435 g/mol. The largest absolute Gasteiger partial charge is 0.347 e. The molecule has 0 atom stereocenters. The number of pyridine rings is 1. The first-order chi connectivity index (χ1) is 13.8. The number of sulfonamides is 1. The van der Waals surface area contributed by atoms with Crippen molar-refractivity contribution < 1.29 is 17.6 Å². The van der Waals surface area contributed by atoms with E-state index in [4.69, 9.17) is 11.6 Å². The topological polar surface area (TPSA) is 114 Å². The SMILES string of the molecule is O=C(NCc1cncnc1)c1ccc(CNS(=O)(=O)c2ccc(F)c(Cl)c2)cn1. The highest BCUT2D eigenvalue weighted by atomic mass is 35.5. The quantitative estimate of drug-likeness (QED) is 0.587. The summed E-state index contributed by atoms with van der Waals surface area (Å²) in [5.74, 6) is -1.09. The van der Waals surface area contributed by atoms with Gasteiger partial charge in [-0.1, -0.05) is 17.7 Å². The van der Waals surface area contributed by atoms with Crippen molar-refractivity contribution in [3.63, 3.8) is 0 Å². The van der Waals surface area contributed by atoms with Gasteiger partial charge in [-0.3, -0.25) is 9.78 Å². The maximum Gasteiger partial charge on any atom is 0.270 e. The van der Waals surface area contributed by atoms with Crippen molar-refractivity contribution in [1.82, 2.24) is 25.0 Å². The minimum Gasteiger partial charge on any atom is -0.347 e. The van der Waals surface area contributed by atoms with Crippen molar-refractivity contribution in [1.29, 1.82) is 0 Å². The van der Waals surface area contributed by atoms with Gasteiger partial charge < -0.3 is 5.32 Å². The second-order valence-corrected chi connectivity index (χ2v) is 8.06. The number of nitrogens with zero attached hydrogens (tertiary/aromatic N) is 3. The fourth-order valence-corrected chi connectivity index (χ4v) is 3.55. The molecule has 0 aliphatic rings. The van der Waals surface area contributed by atoms with Crippen LogP contribution in [0.1, 0.15) is 21.6 Å². The molecule has 2 heterocycles. The number of hydrogen-bond acceptors (Lipinski definition) is 6. The predicted molar refractivity (Wildman–Crippen MR) is 103 cm³/mol. The van der Waals surface area contributed by atoms with Crippen LogP contribution >= 0.6 is 11.6 Å². The number of rotatable bonds is 7. The van der Waals surface area contributed by atoms with Crippen LogP contribution in [0.15, 0.2) is 60.1 Å². The second kappa shape index (κ2) is 9.03. The molecule has 2 N–H and O–H groups in total. The number of amides is 1. The number of aromatic nitrogens is 3. The Hall–Kier alpha value is -2.95. The van der Waals surface area contributed by atoms with Gasteiger partial charge in [-0.2, -0.15) is 0 Å². The molecule has 2 aromatic heterocycles. The van der Waals surface area contributed by atoms with Crippen molar-refractivity contribution in [2.24, 2.45) is 0 Å². The lowest BCUT2D eigenvalue weighted by atomic mass is 10.2. The van der Waals surface area contributed by atoms with Crippen molar-refractivity contribution >= 4 is 27.5 Å². The van der Waals surface area contributed by atoms with Crippen LogP contribution in [0.25, 0.3) is 0 Å². The van der Waals surface area contributed by atoms with Gasteiger partial charge in [-0.25, -0.2) is 27.5 Å². The third kappa shape index (κ3) is 5.53. The molecule has 0 saturated carbocycles. The minimum absolute atomic E-state index is 0.0619. The molecule has 1 amide bonds. The Morgan fingerprint density at radius 2 is 1.79 bits per heavy atom. The predicted octanol–water partition coefficient (Wildman–Crippen LogP) is 2.07. The Kier molecular flexibility index (Phi) is 6.47. The Bertz CT molecular complexity index is 1110. The average molecular weight is 436 g/mol. The molecular weight excluding hydrogens is 421 g/mol. The van der Waals surface area contributed by atoms with Crippen molar-refractivity contribution in [2.75, 3.05) is 0 Å². The fraction of sp³-hybridized carbons (Fsp3) is 0.111. The first kappa shape index (κ1) is 20.8. The van der Waals surface area contributed by atoms with E-state index in [-0.39, 0.29) is 34.6 Å². The number of carbonyl (C=O) groups is 1. The summed E-state index contributed by atoms with van der Waals surface area (Å²) in [4.78, 5) is 23.7. The maximum atomic E-state index is 13.2. The first-order valence-corrected chi connectivity index (χ1v) is 10.1. The summed E-state index contributed by atoms with van der Waals surface area (Å²) in [6.45, 7) is 0.191. The second-order valence-electron chi connectivity index (χ2n) is 5.88. The maximum absolute atomic E-state index is 13.2. The van der Waals surface area contributed by atoms with Crippen LogP contribution in [0.3, 0.4) is 0 Å². The van der Waals surface area contributed by atoms with E-state index >= 15 is 0 Å². The van der Waals surface area contributed by atoms with Gasteiger partial charge in [-0.15, -0.1) is 0 Å². The number of carbonyl (C=O) groups excluding carboxylic acids is 1. The molecule has 0 radical (unpaired) electrons. The molecule has 0 spiro atoms. The molecule has 0 saturated heterocycles. The minimum atomic E-state index is -3.88. The van der Waals surface area contributed by atoms with E-state index in [0.717, 1.165) is 23.8 Å². The number of benzene rings is 1. The third-order valence-corrected chi connectivity index (χ3v) is 5.48. The van der Waals surface area contributed by atoms with E-state index in [1.807, 2.05) is 0 Å². The Labute approximate surface area is 171 Å². The van der Waals surface area contributed by atoms with E-state index < -0.39 is 15.8 Å². The average Bonchev–Trinajstić information content (AvgIpc) is 2.73. The molecular formula is C18H15ClFN5O3S. The molecule has 3 aromatic rings. The van der Waals surface area contributed by atoms with E-state index in [1.165, 1.54) is 18.6 Å².